The lowest BCUT2D eigenvalue weighted by Crippen LogP contribution is -2.34. The predicted octanol–water partition coefficient (Wildman–Crippen LogP) is 2.74. The fourth-order valence-corrected chi connectivity index (χ4v) is 2.18. The van der Waals surface area contributed by atoms with Crippen molar-refractivity contribution in [3.8, 4) is 0 Å². The molecule has 1 amide bonds. The Morgan fingerprint density at radius 2 is 1.76 bits per heavy atom. The van der Waals surface area contributed by atoms with Crippen molar-refractivity contribution in [2.75, 3.05) is 6.54 Å². The van der Waals surface area contributed by atoms with Crippen molar-refractivity contribution in [2.24, 2.45) is 5.73 Å². The molecule has 0 aliphatic heterocycles. The molecular formula is C18H22N2O. The number of amides is 1. The molecule has 0 saturated heterocycles. The summed E-state index contributed by atoms with van der Waals surface area (Å²) < 4.78 is 0. The van der Waals surface area contributed by atoms with E-state index in [4.69, 9.17) is 5.73 Å². The minimum Gasteiger partial charge on any atom is -0.354 e. The molecule has 0 fully saturated rings. The molecule has 2 aromatic rings. The molecule has 3 N–H and O–H groups in total. The van der Waals surface area contributed by atoms with E-state index in [0.717, 1.165) is 24.0 Å². The van der Waals surface area contributed by atoms with Crippen LogP contribution in [-0.4, -0.2) is 12.5 Å². The Hall–Kier alpha value is -2.13. The molecule has 1 atom stereocenters. The quantitative estimate of drug-likeness (QED) is 0.800. The van der Waals surface area contributed by atoms with E-state index < -0.39 is 6.04 Å². The van der Waals surface area contributed by atoms with Gasteiger partial charge in [-0.2, -0.15) is 0 Å². The standard InChI is InChI=1S/C18H22N2O/c1-14-9-11-16(12-10-14)17(19)18(21)20-13-5-8-15-6-3-2-4-7-15/h2-4,6-7,9-12,17H,5,8,13,19H2,1H3,(H,20,21). The highest BCUT2D eigenvalue weighted by molar-refractivity contribution is 5.82. The summed E-state index contributed by atoms with van der Waals surface area (Å²) in [5.41, 5.74) is 9.27. The average molecular weight is 282 g/mol. The number of nitrogens with one attached hydrogen (secondary N) is 1. The van der Waals surface area contributed by atoms with Crippen molar-refractivity contribution < 1.29 is 4.79 Å². The van der Waals surface area contributed by atoms with Crippen LogP contribution in [0.15, 0.2) is 54.6 Å². The summed E-state index contributed by atoms with van der Waals surface area (Å²) in [6.07, 6.45) is 1.87. The van der Waals surface area contributed by atoms with E-state index in [9.17, 15) is 4.79 Å². The zero-order chi connectivity index (χ0) is 15.1. The molecule has 110 valence electrons. The molecule has 0 bridgehead atoms. The first-order chi connectivity index (χ1) is 10.2. The van der Waals surface area contributed by atoms with Crippen LogP contribution in [0.25, 0.3) is 0 Å². The van der Waals surface area contributed by atoms with Crippen molar-refractivity contribution in [1.29, 1.82) is 0 Å². The largest absolute Gasteiger partial charge is 0.354 e. The van der Waals surface area contributed by atoms with Gasteiger partial charge in [-0.05, 0) is 30.9 Å². The SMILES string of the molecule is Cc1ccc(C(N)C(=O)NCCCc2ccccc2)cc1. The molecule has 3 heteroatoms. The molecule has 0 aliphatic carbocycles. The second kappa shape index (κ2) is 7.60. The summed E-state index contributed by atoms with van der Waals surface area (Å²) in [6.45, 7) is 2.66. The van der Waals surface area contributed by atoms with Crippen molar-refractivity contribution in [3.63, 3.8) is 0 Å². The Bertz CT molecular complexity index is 564. The van der Waals surface area contributed by atoms with Crippen LogP contribution in [0.4, 0.5) is 0 Å². The van der Waals surface area contributed by atoms with Crippen molar-refractivity contribution in [1.82, 2.24) is 5.32 Å². The topological polar surface area (TPSA) is 55.1 Å². The van der Waals surface area contributed by atoms with Gasteiger partial charge in [0.2, 0.25) is 5.91 Å². The second-order valence-electron chi connectivity index (χ2n) is 5.27. The fraction of sp³-hybridized carbons (Fsp3) is 0.278. The van der Waals surface area contributed by atoms with Gasteiger partial charge < -0.3 is 11.1 Å². The normalized spacial score (nSPS) is 11.9. The molecule has 0 aromatic heterocycles. The minimum atomic E-state index is -0.595. The van der Waals surface area contributed by atoms with Gasteiger partial charge in [0.05, 0.1) is 0 Å². The Kier molecular flexibility index (Phi) is 5.52. The molecule has 1 unspecified atom stereocenters. The number of carbonyl (C=O) groups is 1. The summed E-state index contributed by atoms with van der Waals surface area (Å²) in [5, 5.41) is 2.90. The van der Waals surface area contributed by atoms with E-state index in [1.807, 2.05) is 49.4 Å². The number of benzene rings is 2. The first kappa shape index (κ1) is 15.3. The van der Waals surface area contributed by atoms with Gasteiger partial charge >= 0.3 is 0 Å². The van der Waals surface area contributed by atoms with Crippen LogP contribution in [0.2, 0.25) is 0 Å². The summed E-state index contributed by atoms with van der Waals surface area (Å²) in [5.74, 6) is -0.119. The third-order valence-electron chi connectivity index (χ3n) is 3.50. The van der Waals surface area contributed by atoms with Crippen LogP contribution in [0, 0.1) is 6.92 Å². The zero-order valence-electron chi connectivity index (χ0n) is 12.4. The van der Waals surface area contributed by atoms with E-state index in [0.29, 0.717) is 6.54 Å². The van der Waals surface area contributed by atoms with Gasteiger partial charge in [-0.15, -0.1) is 0 Å². The minimum absolute atomic E-state index is 0.119. The summed E-state index contributed by atoms with van der Waals surface area (Å²) in [7, 11) is 0. The van der Waals surface area contributed by atoms with Crippen LogP contribution < -0.4 is 11.1 Å². The summed E-state index contributed by atoms with van der Waals surface area (Å²) in [6, 6.07) is 17.4. The molecule has 2 rings (SSSR count). The van der Waals surface area contributed by atoms with Gasteiger partial charge in [-0.25, -0.2) is 0 Å². The monoisotopic (exact) mass is 282 g/mol. The number of rotatable bonds is 6. The number of aryl methyl sites for hydroxylation is 2. The maximum absolute atomic E-state index is 12.0. The van der Waals surface area contributed by atoms with Crippen molar-refractivity contribution in [2.45, 2.75) is 25.8 Å². The molecular weight excluding hydrogens is 260 g/mol. The van der Waals surface area contributed by atoms with Gasteiger partial charge in [0.25, 0.3) is 0 Å². The fourth-order valence-electron chi connectivity index (χ4n) is 2.18. The Labute approximate surface area is 126 Å². The van der Waals surface area contributed by atoms with E-state index >= 15 is 0 Å². The molecule has 0 spiro atoms. The molecule has 21 heavy (non-hydrogen) atoms. The Morgan fingerprint density at radius 1 is 1.10 bits per heavy atom. The van der Waals surface area contributed by atoms with Crippen LogP contribution in [0.3, 0.4) is 0 Å². The first-order valence-corrected chi connectivity index (χ1v) is 7.30. The van der Waals surface area contributed by atoms with Crippen molar-refractivity contribution >= 4 is 5.91 Å². The lowest BCUT2D eigenvalue weighted by molar-refractivity contribution is -0.122. The maximum Gasteiger partial charge on any atom is 0.241 e. The maximum atomic E-state index is 12.0. The second-order valence-corrected chi connectivity index (χ2v) is 5.27. The van der Waals surface area contributed by atoms with Crippen LogP contribution in [0.5, 0.6) is 0 Å². The molecule has 0 radical (unpaired) electrons. The van der Waals surface area contributed by atoms with Crippen LogP contribution in [0.1, 0.15) is 29.2 Å². The molecule has 2 aromatic carbocycles. The molecule has 0 saturated carbocycles. The highest BCUT2D eigenvalue weighted by Crippen LogP contribution is 2.11. The van der Waals surface area contributed by atoms with E-state index in [1.54, 1.807) is 0 Å². The van der Waals surface area contributed by atoms with Crippen molar-refractivity contribution in [3.05, 3.63) is 71.3 Å². The highest BCUT2D eigenvalue weighted by Gasteiger charge is 2.14. The number of nitrogens with two attached hydrogens (primary N) is 1. The predicted molar refractivity (Wildman–Crippen MR) is 85.9 cm³/mol. The number of hydrogen-bond acceptors (Lipinski definition) is 2. The van der Waals surface area contributed by atoms with Gasteiger partial charge in [0, 0.05) is 6.54 Å². The van der Waals surface area contributed by atoms with E-state index in [-0.39, 0.29) is 5.91 Å². The van der Waals surface area contributed by atoms with Gasteiger partial charge in [0.15, 0.2) is 0 Å². The van der Waals surface area contributed by atoms with Gasteiger partial charge in [-0.1, -0.05) is 60.2 Å². The summed E-state index contributed by atoms with van der Waals surface area (Å²) in [4.78, 5) is 12.0. The van der Waals surface area contributed by atoms with Gasteiger partial charge in [-0.3, -0.25) is 4.79 Å². The molecule has 3 nitrogen and oxygen atoms in total. The lowest BCUT2D eigenvalue weighted by Gasteiger charge is -2.13. The smallest absolute Gasteiger partial charge is 0.241 e. The van der Waals surface area contributed by atoms with E-state index in [1.165, 1.54) is 5.56 Å². The Morgan fingerprint density at radius 3 is 2.43 bits per heavy atom. The number of carbonyl (C=O) groups excluding carboxylic acids is 1. The van der Waals surface area contributed by atoms with Crippen LogP contribution in [-0.2, 0) is 11.2 Å². The number of hydrogen-bond donors (Lipinski definition) is 2. The van der Waals surface area contributed by atoms with Crippen LogP contribution >= 0.6 is 0 Å². The summed E-state index contributed by atoms with van der Waals surface area (Å²) >= 11 is 0. The Balaban J connectivity index is 1.75. The lowest BCUT2D eigenvalue weighted by atomic mass is 10.1. The average Bonchev–Trinajstić information content (AvgIpc) is 2.52. The third-order valence-corrected chi connectivity index (χ3v) is 3.50. The molecule has 0 heterocycles. The van der Waals surface area contributed by atoms with E-state index in [2.05, 4.69) is 17.4 Å². The van der Waals surface area contributed by atoms with Gasteiger partial charge in [0.1, 0.15) is 6.04 Å². The first-order valence-electron chi connectivity index (χ1n) is 7.30. The highest BCUT2D eigenvalue weighted by atomic mass is 16.2. The third kappa shape index (κ3) is 4.72. The molecule has 0 aliphatic rings. The zero-order valence-corrected chi connectivity index (χ0v) is 12.4.